The summed E-state index contributed by atoms with van der Waals surface area (Å²) in [5, 5.41) is 0. The molecule has 3 heteroatoms. The van der Waals surface area contributed by atoms with Gasteiger partial charge in [0, 0.05) is 11.3 Å². The molecule has 0 unspecified atom stereocenters. The second-order valence-corrected chi connectivity index (χ2v) is 3.98. The summed E-state index contributed by atoms with van der Waals surface area (Å²) in [5.41, 5.74) is 7.88. The van der Waals surface area contributed by atoms with Crippen LogP contribution in [-0.4, -0.2) is 0 Å². The summed E-state index contributed by atoms with van der Waals surface area (Å²) in [6, 6.07) is 10.2. The minimum Gasteiger partial charge on any atom is -0.457 e. The molecular weight excluding hydrogens is 217 g/mol. The number of hydrogen-bond acceptors (Lipinski definition) is 2. The number of halogens is 1. The molecule has 2 rings (SSSR count). The van der Waals surface area contributed by atoms with E-state index in [4.69, 9.17) is 10.5 Å². The van der Waals surface area contributed by atoms with E-state index >= 15 is 0 Å². The minimum atomic E-state index is -0.269. The van der Waals surface area contributed by atoms with E-state index in [1.54, 1.807) is 31.2 Å². The molecule has 0 saturated heterocycles. The Morgan fingerprint density at radius 3 is 2.59 bits per heavy atom. The SMILES string of the molecule is Cc1cc(Oc2cccc(F)c2C)ccc1N. The molecule has 0 fully saturated rings. The zero-order valence-electron chi connectivity index (χ0n) is 9.83. The molecule has 2 N–H and O–H groups in total. The normalized spacial score (nSPS) is 10.3. The molecule has 0 aliphatic carbocycles. The summed E-state index contributed by atoms with van der Waals surface area (Å²) < 4.78 is 19.0. The average Bonchev–Trinajstić information content (AvgIpc) is 2.30. The standard InChI is InChI=1S/C14H14FNO/c1-9-8-11(6-7-13(9)16)17-14-5-3-4-12(15)10(14)2/h3-8H,16H2,1-2H3. The third kappa shape index (κ3) is 2.38. The van der Waals surface area contributed by atoms with E-state index in [1.165, 1.54) is 6.07 Å². The predicted octanol–water partition coefficient (Wildman–Crippen LogP) is 3.82. The van der Waals surface area contributed by atoms with Gasteiger partial charge in [-0.05, 0) is 49.7 Å². The van der Waals surface area contributed by atoms with Gasteiger partial charge >= 0.3 is 0 Å². The maximum atomic E-state index is 13.3. The van der Waals surface area contributed by atoms with E-state index in [9.17, 15) is 4.39 Å². The Morgan fingerprint density at radius 2 is 1.88 bits per heavy atom. The van der Waals surface area contributed by atoms with Gasteiger partial charge in [-0.1, -0.05) is 6.07 Å². The van der Waals surface area contributed by atoms with Crippen molar-refractivity contribution in [1.82, 2.24) is 0 Å². The minimum absolute atomic E-state index is 0.269. The molecule has 2 aromatic rings. The Labute approximate surface area is 99.8 Å². The van der Waals surface area contributed by atoms with Crippen LogP contribution >= 0.6 is 0 Å². The Bertz CT molecular complexity index is 552. The van der Waals surface area contributed by atoms with E-state index in [-0.39, 0.29) is 5.82 Å². The van der Waals surface area contributed by atoms with Crippen molar-refractivity contribution in [3.05, 3.63) is 53.3 Å². The van der Waals surface area contributed by atoms with Crippen molar-refractivity contribution in [2.45, 2.75) is 13.8 Å². The number of rotatable bonds is 2. The average molecular weight is 231 g/mol. The number of anilines is 1. The molecule has 0 heterocycles. The van der Waals surface area contributed by atoms with Crippen LogP contribution < -0.4 is 10.5 Å². The van der Waals surface area contributed by atoms with Gasteiger partial charge in [-0.15, -0.1) is 0 Å². The lowest BCUT2D eigenvalue weighted by Gasteiger charge is -2.10. The van der Waals surface area contributed by atoms with Crippen LogP contribution in [0.2, 0.25) is 0 Å². The molecule has 0 radical (unpaired) electrons. The fraction of sp³-hybridized carbons (Fsp3) is 0.143. The van der Waals surface area contributed by atoms with Crippen LogP contribution in [0.1, 0.15) is 11.1 Å². The number of hydrogen-bond donors (Lipinski definition) is 1. The quantitative estimate of drug-likeness (QED) is 0.797. The summed E-state index contributed by atoms with van der Waals surface area (Å²) in [5.74, 6) is 0.911. The van der Waals surface area contributed by atoms with E-state index in [0.717, 1.165) is 5.56 Å². The van der Waals surface area contributed by atoms with Gasteiger partial charge in [-0.2, -0.15) is 0 Å². The zero-order valence-corrected chi connectivity index (χ0v) is 9.83. The van der Waals surface area contributed by atoms with Gasteiger partial charge in [0.05, 0.1) is 0 Å². The fourth-order valence-electron chi connectivity index (χ4n) is 1.54. The molecule has 0 spiro atoms. The lowest BCUT2D eigenvalue weighted by molar-refractivity contribution is 0.471. The highest BCUT2D eigenvalue weighted by Crippen LogP contribution is 2.28. The third-order valence-electron chi connectivity index (χ3n) is 2.69. The maximum absolute atomic E-state index is 13.3. The largest absolute Gasteiger partial charge is 0.457 e. The van der Waals surface area contributed by atoms with E-state index in [2.05, 4.69) is 0 Å². The topological polar surface area (TPSA) is 35.2 Å². The number of benzene rings is 2. The van der Waals surface area contributed by atoms with Crippen molar-refractivity contribution >= 4 is 5.69 Å². The molecule has 2 nitrogen and oxygen atoms in total. The van der Waals surface area contributed by atoms with Crippen LogP contribution in [0.4, 0.5) is 10.1 Å². The van der Waals surface area contributed by atoms with Gasteiger partial charge in [0.15, 0.2) is 0 Å². The van der Waals surface area contributed by atoms with E-state index < -0.39 is 0 Å². The van der Waals surface area contributed by atoms with Crippen molar-refractivity contribution in [3.8, 4) is 11.5 Å². The highest BCUT2D eigenvalue weighted by atomic mass is 19.1. The van der Waals surface area contributed by atoms with Gasteiger partial charge in [0.2, 0.25) is 0 Å². The zero-order chi connectivity index (χ0) is 12.4. The van der Waals surface area contributed by atoms with Crippen molar-refractivity contribution < 1.29 is 9.13 Å². The molecule has 0 atom stereocenters. The smallest absolute Gasteiger partial charge is 0.133 e. The number of aryl methyl sites for hydroxylation is 1. The van der Waals surface area contributed by atoms with Gasteiger partial charge in [-0.25, -0.2) is 4.39 Å². The summed E-state index contributed by atoms with van der Waals surface area (Å²) in [7, 11) is 0. The molecule has 0 aliphatic rings. The second-order valence-electron chi connectivity index (χ2n) is 3.98. The monoisotopic (exact) mass is 231 g/mol. The number of nitrogens with two attached hydrogens (primary N) is 1. The first-order valence-corrected chi connectivity index (χ1v) is 5.37. The first kappa shape index (κ1) is 11.5. The predicted molar refractivity (Wildman–Crippen MR) is 66.8 cm³/mol. The summed E-state index contributed by atoms with van der Waals surface area (Å²) in [6.45, 7) is 3.59. The highest BCUT2D eigenvalue weighted by Gasteiger charge is 2.06. The molecule has 88 valence electrons. The molecule has 2 aromatic carbocycles. The molecule has 0 bridgehead atoms. The Hall–Kier alpha value is -2.03. The van der Waals surface area contributed by atoms with Crippen LogP contribution in [-0.2, 0) is 0 Å². The van der Waals surface area contributed by atoms with Crippen molar-refractivity contribution in [1.29, 1.82) is 0 Å². The summed E-state index contributed by atoms with van der Waals surface area (Å²) >= 11 is 0. The Kier molecular flexibility index (Phi) is 3.00. The van der Waals surface area contributed by atoms with Crippen molar-refractivity contribution in [3.63, 3.8) is 0 Å². The molecule has 0 aromatic heterocycles. The van der Waals surface area contributed by atoms with Crippen LogP contribution in [0.15, 0.2) is 36.4 Å². The molecular formula is C14H14FNO. The number of nitrogen functional groups attached to an aromatic ring is 1. The fourth-order valence-corrected chi connectivity index (χ4v) is 1.54. The van der Waals surface area contributed by atoms with Gasteiger partial charge in [0.1, 0.15) is 17.3 Å². The van der Waals surface area contributed by atoms with Gasteiger partial charge in [0.25, 0.3) is 0 Å². The first-order valence-electron chi connectivity index (χ1n) is 5.37. The molecule has 17 heavy (non-hydrogen) atoms. The lowest BCUT2D eigenvalue weighted by Crippen LogP contribution is -1.93. The van der Waals surface area contributed by atoms with Crippen LogP contribution in [0.3, 0.4) is 0 Å². The maximum Gasteiger partial charge on any atom is 0.133 e. The van der Waals surface area contributed by atoms with Crippen molar-refractivity contribution in [2.24, 2.45) is 0 Å². The van der Waals surface area contributed by atoms with Gasteiger partial charge < -0.3 is 10.5 Å². The van der Waals surface area contributed by atoms with Crippen LogP contribution in [0.5, 0.6) is 11.5 Å². The summed E-state index contributed by atoms with van der Waals surface area (Å²) in [6.07, 6.45) is 0. The van der Waals surface area contributed by atoms with Crippen LogP contribution in [0.25, 0.3) is 0 Å². The molecule has 0 amide bonds. The highest BCUT2D eigenvalue weighted by molar-refractivity contribution is 5.50. The number of ether oxygens (including phenoxy) is 1. The molecule has 0 saturated carbocycles. The Morgan fingerprint density at radius 1 is 1.12 bits per heavy atom. The summed E-state index contributed by atoms with van der Waals surface area (Å²) in [4.78, 5) is 0. The second kappa shape index (κ2) is 4.45. The van der Waals surface area contributed by atoms with E-state index in [1.807, 2.05) is 13.0 Å². The molecule has 0 aliphatic heterocycles. The van der Waals surface area contributed by atoms with Crippen molar-refractivity contribution in [2.75, 3.05) is 5.73 Å². The third-order valence-corrected chi connectivity index (χ3v) is 2.69. The van der Waals surface area contributed by atoms with E-state index in [0.29, 0.717) is 22.7 Å². The van der Waals surface area contributed by atoms with Gasteiger partial charge in [-0.3, -0.25) is 0 Å². The Balaban J connectivity index is 2.31. The first-order chi connectivity index (χ1) is 8.08. The lowest BCUT2D eigenvalue weighted by atomic mass is 10.2. The van der Waals surface area contributed by atoms with Crippen LogP contribution in [0, 0.1) is 19.7 Å².